The molecule has 1 aliphatic carbocycles. The molecule has 1 amide bonds. The smallest absolute Gasteiger partial charge is 0.251 e. The Bertz CT molecular complexity index is 1270. The maximum Gasteiger partial charge on any atom is 0.251 e. The Morgan fingerprint density at radius 3 is 2.73 bits per heavy atom. The van der Waals surface area contributed by atoms with Gasteiger partial charge in [-0.2, -0.15) is 5.10 Å². The fourth-order valence-electron chi connectivity index (χ4n) is 4.54. The zero-order chi connectivity index (χ0) is 22.6. The first-order valence-corrected chi connectivity index (χ1v) is 11.4. The number of aromatic amines is 1. The Morgan fingerprint density at radius 2 is 1.88 bits per heavy atom. The van der Waals surface area contributed by atoms with Gasteiger partial charge >= 0.3 is 0 Å². The van der Waals surface area contributed by atoms with Crippen LogP contribution in [0.25, 0.3) is 22.5 Å². The number of hydrogen-bond acceptors (Lipinski definition) is 3. The number of H-pyrrole nitrogens is 1. The van der Waals surface area contributed by atoms with E-state index in [0.717, 1.165) is 53.9 Å². The first-order valence-electron chi connectivity index (χ1n) is 11.4. The predicted octanol–water partition coefficient (Wildman–Crippen LogP) is 5.21. The molecule has 0 saturated carbocycles. The molecule has 5 heteroatoms. The standard InChI is InChI=1S/C28H27N3O2/c1-33-23-9-4-6-19(18-23)16-17-29-28(32)22-14-12-21(13-15-22)26-25-11-5-8-20-7-2-3-10-24(20)27(25)31-30-26/h2-4,6-7,9-10,12-15,18H,5,8,11,16-17H2,1H3,(H,29,32)(H,30,31). The van der Waals surface area contributed by atoms with Crippen LogP contribution in [0.1, 0.15) is 33.5 Å². The van der Waals surface area contributed by atoms with E-state index in [4.69, 9.17) is 4.74 Å². The van der Waals surface area contributed by atoms with E-state index in [1.165, 1.54) is 16.7 Å². The lowest BCUT2D eigenvalue weighted by Crippen LogP contribution is -2.25. The van der Waals surface area contributed by atoms with E-state index < -0.39 is 0 Å². The zero-order valence-corrected chi connectivity index (χ0v) is 18.7. The van der Waals surface area contributed by atoms with E-state index in [1.807, 2.05) is 48.5 Å². The van der Waals surface area contributed by atoms with E-state index in [9.17, 15) is 4.79 Å². The number of rotatable bonds is 6. The van der Waals surface area contributed by atoms with Crippen molar-refractivity contribution < 1.29 is 9.53 Å². The molecule has 0 unspecified atom stereocenters. The molecule has 5 rings (SSSR count). The number of amides is 1. The zero-order valence-electron chi connectivity index (χ0n) is 18.7. The number of aromatic nitrogens is 2. The molecule has 33 heavy (non-hydrogen) atoms. The van der Waals surface area contributed by atoms with Gasteiger partial charge in [0.05, 0.1) is 18.5 Å². The molecule has 0 atom stereocenters. The largest absolute Gasteiger partial charge is 0.497 e. The summed E-state index contributed by atoms with van der Waals surface area (Å²) in [5, 5.41) is 10.9. The summed E-state index contributed by atoms with van der Waals surface area (Å²) in [6.45, 7) is 0.569. The van der Waals surface area contributed by atoms with Crippen molar-refractivity contribution in [2.24, 2.45) is 0 Å². The number of nitrogens with one attached hydrogen (secondary N) is 2. The third kappa shape index (κ3) is 4.40. The minimum absolute atomic E-state index is 0.0702. The Morgan fingerprint density at radius 1 is 1.03 bits per heavy atom. The van der Waals surface area contributed by atoms with Crippen molar-refractivity contribution in [1.82, 2.24) is 15.5 Å². The highest BCUT2D eigenvalue weighted by Gasteiger charge is 2.21. The van der Waals surface area contributed by atoms with Crippen LogP contribution in [-0.4, -0.2) is 29.8 Å². The molecule has 0 spiro atoms. The van der Waals surface area contributed by atoms with E-state index in [0.29, 0.717) is 12.1 Å². The molecule has 1 aromatic heterocycles. The average Bonchev–Trinajstić information content (AvgIpc) is 3.19. The summed E-state index contributed by atoms with van der Waals surface area (Å²) in [7, 11) is 1.66. The van der Waals surface area contributed by atoms with Crippen LogP contribution in [-0.2, 0) is 19.3 Å². The van der Waals surface area contributed by atoms with Crippen LogP contribution in [0.5, 0.6) is 5.75 Å². The van der Waals surface area contributed by atoms with Crippen LogP contribution >= 0.6 is 0 Å². The van der Waals surface area contributed by atoms with Crippen molar-refractivity contribution in [3.63, 3.8) is 0 Å². The Hall–Kier alpha value is -3.86. The van der Waals surface area contributed by atoms with Crippen molar-refractivity contribution >= 4 is 5.91 Å². The van der Waals surface area contributed by atoms with Crippen LogP contribution in [0.4, 0.5) is 0 Å². The lowest BCUT2D eigenvalue weighted by molar-refractivity contribution is 0.0954. The van der Waals surface area contributed by atoms with Gasteiger partial charge in [-0.1, -0.05) is 48.5 Å². The number of fused-ring (bicyclic) bond motifs is 3. The minimum atomic E-state index is -0.0702. The van der Waals surface area contributed by atoms with Gasteiger partial charge in [0.1, 0.15) is 5.75 Å². The van der Waals surface area contributed by atoms with Crippen LogP contribution in [0.2, 0.25) is 0 Å². The number of ether oxygens (including phenoxy) is 1. The number of methoxy groups -OCH3 is 1. The van der Waals surface area contributed by atoms with Crippen LogP contribution in [0, 0.1) is 0 Å². The van der Waals surface area contributed by atoms with Gasteiger partial charge in [-0.15, -0.1) is 0 Å². The molecule has 0 bridgehead atoms. The molecule has 0 aliphatic heterocycles. The van der Waals surface area contributed by atoms with Gasteiger partial charge in [-0.05, 0) is 61.1 Å². The number of carbonyl (C=O) groups excluding carboxylic acids is 1. The topological polar surface area (TPSA) is 67.0 Å². The SMILES string of the molecule is COc1cccc(CCNC(=O)c2ccc(-c3n[nH]c4c3CCCc3ccccc3-4)cc2)c1. The molecule has 166 valence electrons. The molecule has 0 radical (unpaired) electrons. The first kappa shape index (κ1) is 21.0. The number of aryl methyl sites for hydroxylation is 1. The van der Waals surface area contributed by atoms with Gasteiger partial charge in [0.2, 0.25) is 0 Å². The molecule has 0 saturated heterocycles. The van der Waals surface area contributed by atoms with Gasteiger partial charge in [-0.25, -0.2) is 0 Å². The summed E-state index contributed by atoms with van der Waals surface area (Å²) < 4.78 is 5.26. The van der Waals surface area contributed by atoms with E-state index >= 15 is 0 Å². The molecule has 2 N–H and O–H groups in total. The van der Waals surface area contributed by atoms with Crippen molar-refractivity contribution in [2.45, 2.75) is 25.7 Å². The highest BCUT2D eigenvalue weighted by Crippen LogP contribution is 2.36. The Balaban J connectivity index is 1.28. The van der Waals surface area contributed by atoms with E-state index in [2.05, 4.69) is 39.8 Å². The first-order chi connectivity index (χ1) is 16.2. The summed E-state index contributed by atoms with van der Waals surface area (Å²) in [4.78, 5) is 12.6. The molecule has 5 nitrogen and oxygen atoms in total. The van der Waals surface area contributed by atoms with Crippen molar-refractivity contribution in [3.8, 4) is 28.3 Å². The minimum Gasteiger partial charge on any atom is -0.497 e. The third-order valence-corrected chi connectivity index (χ3v) is 6.28. The lowest BCUT2D eigenvalue weighted by atomic mass is 9.99. The van der Waals surface area contributed by atoms with Gasteiger partial charge < -0.3 is 10.1 Å². The van der Waals surface area contributed by atoms with Gasteiger partial charge in [0.25, 0.3) is 5.91 Å². The Kier molecular flexibility index (Phi) is 5.94. The lowest BCUT2D eigenvalue weighted by Gasteiger charge is -2.08. The second kappa shape index (κ2) is 9.33. The fourth-order valence-corrected chi connectivity index (χ4v) is 4.54. The van der Waals surface area contributed by atoms with Crippen molar-refractivity contribution in [2.75, 3.05) is 13.7 Å². The molecule has 1 aliphatic rings. The van der Waals surface area contributed by atoms with Crippen molar-refractivity contribution in [3.05, 3.63) is 95.1 Å². The average molecular weight is 438 g/mol. The number of carbonyl (C=O) groups is 1. The molecular formula is C28H27N3O2. The van der Waals surface area contributed by atoms with E-state index in [1.54, 1.807) is 7.11 Å². The number of nitrogens with zero attached hydrogens (tertiary/aromatic N) is 1. The summed E-state index contributed by atoms with van der Waals surface area (Å²) in [6.07, 6.45) is 3.92. The number of hydrogen-bond donors (Lipinski definition) is 2. The quantitative estimate of drug-likeness (QED) is 0.435. The second-order valence-electron chi connectivity index (χ2n) is 8.37. The van der Waals surface area contributed by atoms with Crippen LogP contribution < -0.4 is 10.1 Å². The maximum atomic E-state index is 12.6. The highest BCUT2D eigenvalue weighted by atomic mass is 16.5. The summed E-state index contributed by atoms with van der Waals surface area (Å²) >= 11 is 0. The summed E-state index contributed by atoms with van der Waals surface area (Å²) in [5.41, 5.74) is 8.78. The predicted molar refractivity (Wildman–Crippen MR) is 131 cm³/mol. The van der Waals surface area contributed by atoms with E-state index in [-0.39, 0.29) is 5.91 Å². The Labute approximate surface area is 193 Å². The monoisotopic (exact) mass is 437 g/mol. The van der Waals surface area contributed by atoms with Gasteiger partial charge in [-0.3, -0.25) is 9.89 Å². The van der Waals surface area contributed by atoms with Crippen LogP contribution in [0.15, 0.2) is 72.8 Å². The van der Waals surface area contributed by atoms with Gasteiger partial charge in [0, 0.05) is 28.8 Å². The molecule has 3 aromatic carbocycles. The second-order valence-corrected chi connectivity index (χ2v) is 8.37. The maximum absolute atomic E-state index is 12.6. The molecule has 4 aromatic rings. The van der Waals surface area contributed by atoms with Crippen LogP contribution in [0.3, 0.4) is 0 Å². The van der Waals surface area contributed by atoms with Crippen molar-refractivity contribution in [1.29, 1.82) is 0 Å². The normalized spacial score (nSPS) is 12.4. The summed E-state index contributed by atoms with van der Waals surface area (Å²) in [6, 6.07) is 24.2. The molecule has 0 fully saturated rings. The molecular weight excluding hydrogens is 410 g/mol. The highest BCUT2D eigenvalue weighted by molar-refractivity contribution is 5.94. The third-order valence-electron chi connectivity index (χ3n) is 6.28. The van der Waals surface area contributed by atoms with Gasteiger partial charge in [0.15, 0.2) is 0 Å². The summed E-state index contributed by atoms with van der Waals surface area (Å²) in [5.74, 6) is 0.758. The molecule has 1 heterocycles. The number of benzene rings is 3. The fraction of sp³-hybridized carbons (Fsp3) is 0.214.